The van der Waals surface area contributed by atoms with Crippen molar-refractivity contribution >= 4 is 43.6 Å². The summed E-state index contributed by atoms with van der Waals surface area (Å²) in [6.45, 7) is 1.95. The number of benzene rings is 3. The summed E-state index contributed by atoms with van der Waals surface area (Å²) < 4.78 is 2.51. The van der Waals surface area contributed by atoms with E-state index < -0.39 is 5.92 Å². The second-order valence-corrected chi connectivity index (χ2v) is 9.84. The van der Waals surface area contributed by atoms with Crippen LogP contribution in [0.4, 0.5) is 0 Å². The summed E-state index contributed by atoms with van der Waals surface area (Å²) in [4.78, 5) is 28.9. The van der Waals surface area contributed by atoms with Crippen LogP contribution in [0.2, 0.25) is 0 Å². The van der Waals surface area contributed by atoms with Gasteiger partial charge in [0.1, 0.15) is 5.75 Å². The number of nitrogens with zero attached hydrogens (tertiary/aromatic N) is 1. The normalized spacial score (nSPS) is 12.2. The molecule has 0 radical (unpaired) electrons. The fraction of sp³-hybridized carbons (Fsp3) is 0.172. The first kappa shape index (κ1) is 23.9. The number of aryl methyl sites for hydroxylation is 1. The zero-order valence-corrected chi connectivity index (χ0v) is 21.6. The molecule has 182 valence electrons. The molecule has 2 heterocycles. The Balaban J connectivity index is 1.82. The molecular weight excluding hydrogens is 518 g/mol. The number of pyridine rings is 1. The van der Waals surface area contributed by atoms with Crippen LogP contribution in [0, 0.1) is 0 Å². The number of carbonyl (C=O) groups excluding carboxylic acids is 1. The third-order valence-corrected chi connectivity index (χ3v) is 7.22. The van der Waals surface area contributed by atoms with Crippen molar-refractivity contribution in [1.82, 2.24) is 14.9 Å². The Hall–Kier alpha value is -3.84. The van der Waals surface area contributed by atoms with E-state index in [9.17, 15) is 14.7 Å². The quantitative estimate of drug-likeness (QED) is 0.270. The van der Waals surface area contributed by atoms with Crippen LogP contribution in [0.1, 0.15) is 35.2 Å². The molecule has 36 heavy (non-hydrogen) atoms. The summed E-state index contributed by atoms with van der Waals surface area (Å²) in [6.07, 6.45) is 0.570. The van der Waals surface area contributed by atoms with Crippen molar-refractivity contribution in [2.75, 3.05) is 6.54 Å². The van der Waals surface area contributed by atoms with Crippen LogP contribution in [-0.4, -0.2) is 27.1 Å². The van der Waals surface area contributed by atoms with Gasteiger partial charge >= 0.3 is 0 Å². The minimum absolute atomic E-state index is 0.0203. The number of amides is 1. The average Bonchev–Trinajstić information content (AvgIpc) is 3.24. The average molecular weight is 544 g/mol. The first-order valence-electron chi connectivity index (χ1n) is 11.8. The maximum absolute atomic E-state index is 13.8. The number of para-hydroxylation sites is 2. The zero-order valence-electron chi connectivity index (χ0n) is 20.0. The number of nitrogens with one attached hydrogen (secondary N) is 2. The highest BCUT2D eigenvalue weighted by molar-refractivity contribution is 9.10. The van der Waals surface area contributed by atoms with Crippen LogP contribution in [0.25, 0.3) is 21.8 Å². The molecule has 0 bridgehead atoms. The molecule has 5 rings (SSSR count). The third-order valence-electron chi connectivity index (χ3n) is 6.69. The van der Waals surface area contributed by atoms with Crippen LogP contribution in [0.15, 0.2) is 82.1 Å². The van der Waals surface area contributed by atoms with Crippen LogP contribution in [-0.2, 0) is 18.3 Å². The number of hydrogen-bond donors (Lipinski definition) is 3. The van der Waals surface area contributed by atoms with Gasteiger partial charge in [0, 0.05) is 47.0 Å². The van der Waals surface area contributed by atoms with Crippen molar-refractivity contribution in [2.45, 2.75) is 19.3 Å². The van der Waals surface area contributed by atoms with Crippen molar-refractivity contribution in [2.24, 2.45) is 7.05 Å². The van der Waals surface area contributed by atoms with Crippen molar-refractivity contribution in [3.05, 3.63) is 110 Å². The SMILES string of the molecule is CC(=O)NCCc1c(C(c2ccc(Br)cc2)c2c(O)c3ccccc3n(C)c2=O)[nH]c2ccccc12. The number of hydrogen-bond acceptors (Lipinski definition) is 3. The van der Waals surface area contributed by atoms with E-state index >= 15 is 0 Å². The zero-order chi connectivity index (χ0) is 25.4. The molecule has 3 N–H and O–H groups in total. The molecule has 1 unspecified atom stereocenters. The van der Waals surface area contributed by atoms with E-state index in [2.05, 4.69) is 26.2 Å². The van der Waals surface area contributed by atoms with E-state index in [1.54, 1.807) is 11.6 Å². The first-order chi connectivity index (χ1) is 17.4. The minimum Gasteiger partial charge on any atom is -0.507 e. The van der Waals surface area contributed by atoms with Gasteiger partial charge in [0.15, 0.2) is 0 Å². The predicted molar refractivity (Wildman–Crippen MR) is 147 cm³/mol. The minimum atomic E-state index is -0.555. The Morgan fingerprint density at radius 3 is 2.42 bits per heavy atom. The molecule has 0 aliphatic rings. The fourth-order valence-electron chi connectivity index (χ4n) is 5.00. The molecule has 0 aliphatic heterocycles. The van der Waals surface area contributed by atoms with Crippen LogP contribution >= 0.6 is 15.9 Å². The smallest absolute Gasteiger partial charge is 0.258 e. The molecule has 7 heteroatoms. The summed E-state index contributed by atoms with van der Waals surface area (Å²) >= 11 is 3.51. The van der Waals surface area contributed by atoms with Gasteiger partial charge in [-0.1, -0.05) is 58.4 Å². The van der Waals surface area contributed by atoms with E-state index in [-0.39, 0.29) is 17.2 Å². The number of aromatic hydroxyl groups is 1. The van der Waals surface area contributed by atoms with E-state index in [0.29, 0.717) is 29.4 Å². The van der Waals surface area contributed by atoms with Gasteiger partial charge in [-0.3, -0.25) is 9.59 Å². The van der Waals surface area contributed by atoms with Gasteiger partial charge in [0.05, 0.1) is 17.0 Å². The largest absolute Gasteiger partial charge is 0.507 e. The second-order valence-electron chi connectivity index (χ2n) is 8.92. The predicted octanol–water partition coefficient (Wildman–Crippen LogP) is 5.35. The molecule has 1 amide bonds. The Kier molecular flexibility index (Phi) is 6.41. The standard InChI is InChI=1S/C29H26BrN3O3/c1-17(34)31-16-15-21-20-7-3-5-9-23(20)32-27(21)25(18-11-13-19(30)14-12-18)26-28(35)22-8-4-6-10-24(22)33(2)29(26)36/h3-14,25,32,35H,15-16H2,1-2H3,(H,31,34). The number of aromatic amines is 1. The van der Waals surface area contributed by atoms with Crippen molar-refractivity contribution in [3.8, 4) is 5.75 Å². The monoisotopic (exact) mass is 543 g/mol. The topological polar surface area (TPSA) is 87.1 Å². The van der Waals surface area contributed by atoms with Crippen molar-refractivity contribution in [1.29, 1.82) is 0 Å². The second kappa shape index (κ2) is 9.66. The molecule has 3 aromatic carbocycles. The van der Waals surface area contributed by atoms with Crippen LogP contribution in [0.5, 0.6) is 5.75 Å². The Labute approximate surface area is 216 Å². The van der Waals surface area contributed by atoms with Crippen LogP contribution in [0.3, 0.4) is 0 Å². The molecule has 0 saturated heterocycles. The maximum atomic E-state index is 13.8. The van der Waals surface area contributed by atoms with E-state index in [1.165, 1.54) is 6.92 Å². The van der Waals surface area contributed by atoms with Crippen molar-refractivity contribution in [3.63, 3.8) is 0 Å². The van der Waals surface area contributed by atoms with Crippen LogP contribution < -0.4 is 10.9 Å². The Bertz CT molecular complexity index is 1650. The summed E-state index contributed by atoms with van der Waals surface area (Å²) in [5, 5.41) is 16.1. The van der Waals surface area contributed by atoms with E-state index in [1.807, 2.05) is 72.8 Å². The Morgan fingerprint density at radius 1 is 1.03 bits per heavy atom. The summed E-state index contributed by atoms with van der Waals surface area (Å²) in [7, 11) is 1.73. The molecule has 0 saturated carbocycles. The Morgan fingerprint density at radius 2 is 1.69 bits per heavy atom. The summed E-state index contributed by atoms with van der Waals surface area (Å²) in [5.74, 6) is -0.670. The number of carbonyl (C=O) groups is 1. The lowest BCUT2D eigenvalue weighted by atomic mass is 9.85. The van der Waals surface area contributed by atoms with Crippen molar-refractivity contribution < 1.29 is 9.90 Å². The highest BCUT2D eigenvalue weighted by Gasteiger charge is 2.30. The fourth-order valence-corrected chi connectivity index (χ4v) is 5.26. The first-order valence-corrected chi connectivity index (χ1v) is 12.6. The molecule has 0 fully saturated rings. The van der Waals surface area contributed by atoms with Gasteiger partial charge in [-0.2, -0.15) is 0 Å². The molecule has 0 aliphatic carbocycles. The number of halogens is 1. The lowest BCUT2D eigenvalue weighted by Gasteiger charge is -2.22. The van der Waals surface area contributed by atoms with E-state index in [0.717, 1.165) is 32.2 Å². The van der Waals surface area contributed by atoms with Gasteiger partial charge < -0.3 is 20.0 Å². The molecule has 1 atom stereocenters. The molecule has 6 nitrogen and oxygen atoms in total. The number of fused-ring (bicyclic) bond motifs is 2. The maximum Gasteiger partial charge on any atom is 0.258 e. The van der Waals surface area contributed by atoms with E-state index in [4.69, 9.17) is 0 Å². The van der Waals surface area contributed by atoms with Gasteiger partial charge in [-0.15, -0.1) is 0 Å². The van der Waals surface area contributed by atoms with Gasteiger partial charge in [0.2, 0.25) is 5.91 Å². The lowest BCUT2D eigenvalue weighted by Crippen LogP contribution is -2.26. The number of rotatable bonds is 6. The molecule has 2 aromatic heterocycles. The van der Waals surface area contributed by atoms with Gasteiger partial charge in [0.25, 0.3) is 5.56 Å². The van der Waals surface area contributed by atoms with Gasteiger partial charge in [-0.05, 0) is 47.9 Å². The summed E-state index contributed by atoms with van der Waals surface area (Å²) in [6, 6.07) is 23.1. The summed E-state index contributed by atoms with van der Waals surface area (Å²) in [5.41, 5.74) is 4.35. The highest BCUT2D eigenvalue weighted by atomic mass is 79.9. The highest BCUT2D eigenvalue weighted by Crippen LogP contribution is 2.41. The lowest BCUT2D eigenvalue weighted by molar-refractivity contribution is -0.118. The molecule has 5 aromatic rings. The third kappa shape index (κ3) is 4.20. The number of H-pyrrole nitrogens is 1. The van der Waals surface area contributed by atoms with Gasteiger partial charge in [-0.25, -0.2) is 0 Å². The number of aromatic nitrogens is 2. The molecule has 0 spiro atoms. The molecular formula is C29H26BrN3O3.